The van der Waals surface area contributed by atoms with Gasteiger partial charge < -0.3 is 4.18 Å². The molecule has 29 heavy (non-hydrogen) atoms. The van der Waals surface area contributed by atoms with Crippen molar-refractivity contribution in [2.75, 3.05) is 0 Å². The molecule has 0 aliphatic rings. The number of hydrogen-bond acceptors (Lipinski definition) is 5. The second-order valence-electron chi connectivity index (χ2n) is 6.19. The van der Waals surface area contributed by atoms with Crippen LogP contribution in [0.5, 0.6) is 5.88 Å². The molecule has 0 fully saturated rings. The molecule has 0 unspecified atom stereocenters. The Morgan fingerprint density at radius 2 is 1.69 bits per heavy atom. The Labute approximate surface area is 194 Å². The molecule has 0 bridgehead atoms. The van der Waals surface area contributed by atoms with Gasteiger partial charge >= 0.3 is 10.1 Å². The van der Waals surface area contributed by atoms with E-state index in [0.29, 0.717) is 10.7 Å². The quantitative estimate of drug-likeness (QED) is 0.270. The summed E-state index contributed by atoms with van der Waals surface area (Å²) in [6.45, 7) is 3.43. The van der Waals surface area contributed by atoms with Crippen LogP contribution in [0.15, 0.2) is 47.4 Å². The van der Waals surface area contributed by atoms with Gasteiger partial charge in [0, 0.05) is 40.0 Å². The minimum absolute atomic E-state index is 0. The number of ketones is 1. The van der Waals surface area contributed by atoms with Crippen LogP contribution in [0.1, 0.15) is 27.2 Å². The first-order chi connectivity index (χ1) is 13.1. The van der Waals surface area contributed by atoms with Gasteiger partial charge in [0.15, 0.2) is 0 Å². The van der Waals surface area contributed by atoms with Crippen LogP contribution in [0.25, 0.3) is 0 Å². The van der Waals surface area contributed by atoms with E-state index < -0.39 is 15.9 Å². The molecule has 0 saturated carbocycles. The zero-order chi connectivity index (χ0) is 20.6. The van der Waals surface area contributed by atoms with Crippen LogP contribution in [0, 0.1) is 13.8 Å². The van der Waals surface area contributed by atoms with Crippen molar-refractivity contribution in [3.05, 3.63) is 74.9 Å². The van der Waals surface area contributed by atoms with Crippen molar-refractivity contribution in [1.29, 1.82) is 0 Å². The predicted molar refractivity (Wildman–Crippen MR) is 107 cm³/mol. The summed E-state index contributed by atoms with van der Waals surface area (Å²) in [7, 11) is -2.67. The molecule has 1 aromatic heterocycles. The van der Waals surface area contributed by atoms with Gasteiger partial charge in [0.05, 0.1) is 10.7 Å². The number of rotatable bonds is 5. The second kappa shape index (κ2) is 9.04. The van der Waals surface area contributed by atoms with Crippen molar-refractivity contribution in [3.63, 3.8) is 0 Å². The van der Waals surface area contributed by atoms with Crippen LogP contribution in [0.2, 0.25) is 10.0 Å². The van der Waals surface area contributed by atoms with Crippen LogP contribution in [0.4, 0.5) is 0 Å². The molecule has 6 nitrogen and oxygen atoms in total. The first-order valence-electron chi connectivity index (χ1n) is 8.14. The van der Waals surface area contributed by atoms with Crippen molar-refractivity contribution >= 4 is 39.1 Å². The van der Waals surface area contributed by atoms with Gasteiger partial charge in [-0.15, -0.1) is 0 Å². The van der Waals surface area contributed by atoms with Gasteiger partial charge in [-0.1, -0.05) is 40.9 Å². The zero-order valence-corrected chi connectivity index (χ0v) is 19.3. The van der Waals surface area contributed by atoms with E-state index in [1.165, 1.54) is 42.1 Å². The van der Waals surface area contributed by atoms with Crippen LogP contribution in [-0.4, -0.2) is 24.0 Å². The third-order valence-corrected chi connectivity index (χ3v) is 5.85. The van der Waals surface area contributed by atoms with Crippen LogP contribution < -0.4 is 4.18 Å². The van der Waals surface area contributed by atoms with Crippen molar-refractivity contribution in [1.82, 2.24) is 9.78 Å². The fourth-order valence-electron chi connectivity index (χ4n) is 2.66. The first kappa shape index (κ1) is 23.7. The Balaban J connectivity index is 0.00000300. The second-order valence-corrected chi connectivity index (χ2v) is 8.58. The third-order valence-electron chi connectivity index (χ3n) is 4.07. The molecule has 0 spiro atoms. The van der Waals surface area contributed by atoms with Gasteiger partial charge in [0.2, 0.25) is 11.7 Å². The summed E-state index contributed by atoms with van der Waals surface area (Å²) in [6.07, 6.45) is 0. The summed E-state index contributed by atoms with van der Waals surface area (Å²) >= 11 is 12.0. The molecule has 0 aliphatic carbocycles. The maximum absolute atomic E-state index is 13.0. The van der Waals surface area contributed by atoms with E-state index >= 15 is 0 Å². The minimum Gasteiger partial charge on any atom is -0.358 e. The summed E-state index contributed by atoms with van der Waals surface area (Å²) in [5.41, 5.74) is 1.40. The SMILES string of the molecule is Cc1ccc(S(=O)(=O)Oc2c(C(=O)c3ccc(Cl)cc3Cl)c(C)nn2C)cc1.[Ag]. The molecular formula is C19H16AgCl2N2O4S. The summed E-state index contributed by atoms with van der Waals surface area (Å²) < 4.78 is 31.9. The van der Waals surface area contributed by atoms with Crippen LogP contribution in [0.3, 0.4) is 0 Å². The monoisotopic (exact) mass is 545 g/mol. The average molecular weight is 547 g/mol. The largest absolute Gasteiger partial charge is 0.358 e. The maximum atomic E-state index is 13.0. The Morgan fingerprint density at radius 1 is 1.07 bits per heavy atom. The normalized spacial score (nSPS) is 11.1. The number of nitrogens with zero attached hydrogens (tertiary/aromatic N) is 2. The topological polar surface area (TPSA) is 78.3 Å². The fraction of sp³-hybridized carbons (Fsp3) is 0.158. The van der Waals surface area contributed by atoms with E-state index in [4.69, 9.17) is 27.4 Å². The Kier molecular flexibility index (Phi) is 7.37. The smallest absolute Gasteiger partial charge is 0.340 e. The molecule has 3 rings (SSSR count). The number of aromatic nitrogens is 2. The molecule has 3 aromatic rings. The van der Waals surface area contributed by atoms with E-state index in [2.05, 4.69) is 5.10 Å². The van der Waals surface area contributed by atoms with Gasteiger partial charge in [0.1, 0.15) is 10.5 Å². The van der Waals surface area contributed by atoms with E-state index in [0.717, 1.165) is 5.56 Å². The van der Waals surface area contributed by atoms with Gasteiger partial charge in [-0.2, -0.15) is 13.5 Å². The average Bonchev–Trinajstić information content (AvgIpc) is 2.87. The molecule has 0 aliphatic heterocycles. The van der Waals surface area contributed by atoms with E-state index in [9.17, 15) is 13.2 Å². The summed E-state index contributed by atoms with van der Waals surface area (Å²) in [5, 5.41) is 4.66. The number of hydrogen-bond donors (Lipinski definition) is 0. The number of carbonyl (C=O) groups is 1. The van der Waals surface area contributed by atoms with Crippen molar-refractivity contribution in [2.24, 2.45) is 7.05 Å². The van der Waals surface area contributed by atoms with Gasteiger partial charge in [-0.25, -0.2) is 4.68 Å². The van der Waals surface area contributed by atoms with E-state index in [1.54, 1.807) is 19.1 Å². The minimum atomic E-state index is -4.16. The number of halogens is 2. The van der Waals surface area contributed by atoms with Gasteiger partial charge in [-0.05, 0) is 44.2 Å². The summed E-state index contributed by atoms with van der Waals surface area (Å²) in [6, 6.07) is 10.6. The Hall–Kier alpha value is -1.61. The number of benzene rings is 2. The molecule has 0 N–H and O–H groups in total. The van der Waals surface area contributed by atoms with Gasteiger partial charge in [0.25, 0.3) is 0 Å². The molecule has 0 saturated heterocycles. The molecule has 1 radical (unpaired) electrons. The summed E-state index contributed by atoms with van der Waals surface area (Å²) in [4.78, 5) is 13.0. The summed E-state index contributed by atoms with van der Waals surface area (Å²) in [5.74, 6) is -0.699. The molecule has 0 amide bonds. The fourth-order valence-corrected chi connectivity index (χ4v) is 4.12. The van der Waals surface area contributed by atoms with E-state index in [1.807, 2.05) is 6.92 Å². The van der Waals surface area contributed by atoms with E-state index in [-0.39, 0.29) is 49.3 Å². The number of carbonyl (C=O) groups excluding carboxylic acids is 1. The van der Waals surface area contributed by atoms with Crippen LogP contribution in [-0.2, 0) is 39.5 Å². The molecular weight excluding hydrogens is 531 g/mol. The van der Waals surface area contributed by atoms with Crippen molar-refractivity contribution in [3.8, 4) is 5.88 Å². The maximum Gasteiger partial charge on any atom is 0.340 e. The Bertz CT molecular complexity index is 1180. The Morgan fingerprint density at radius 3 is 2.28 bits per heavy atom. The van der Waals surface area contributed by atoms with Crippen LogP contribution >= 0.6 is 23.2 Å². The third kappa shape index (κ3) is 4.94. The first-order valence-corrected chi connectivity index (χ1v) is 10.3. The molecule has 0 atom stereocenters. The molecule has 157 valence electrons. The zero-order valence-electron chi connectivity index (χ0n) is 15.5. The standard InChI is InChI=1S/C19H16Cl2N2O4S.Ag/c1-11-4-7-14(8-5-11)28(25,26)27-19-17(12(2)22-23(19)3)18(24)15-9-6-13(20)10-16(15)21;/h4-10H,1-3H3;. The van der Waals surface area contributed by atoms with Gasteiger partial charge in [-0.3, -0.25) is 4.79 Å². The van der Waals surface area contributed by atoms with Crippen molar-refractivity contribution in [2.45, 2.75) is 18.7 Å². The van der Waals surface area contributed by atoms with Crippen molar-refractivity contribution < 1.29 is 39.8 Å². The molecule has 2 aromatic carbocycles. The molecule has 1 heterocycles. The predicted octanol–water partition coefficient (Wildman–Crippen LogP) is 4.34. The number of aryl methyl sites for hydroxylation is 3. The molecule has 10 heteroatoms.